The van der Waals surface area contributed by atoms with E-state index in [1.165, 1.54) is 0 Å². The number of nitrogens with zero attached hydrogens (tertiary/aromatic N) is 1. The Morgan fingerprint density at radius 3 is 2.68 bits per heavy atom. The zero-order valence-corrected chi connectivity index (χ0v) is 11.8. The Labute approximate surface area is 114 Å². The van der Waals surface area contributed by atoms with E-state index in [0.29, 0.717) is 5.92 Å². The summed E-state index contributed by atoms with van der Waals surface area (Å²) in [6.07, 6.45) is 1.47. The SMILES string of the molecule is CNc1ccc(C(=O)N(C)CC2CC(O)C2)cc1C. The first-order valence-electron chi connectivity index (χ1n) is 6.73. The van der Waals surface area contributed by atoms with Crippen LogP contribution in [0.15, 0.2) is 18.2 Å². The summed E-state index contributed by atoms with van der Waals surface area (Å²) in [7, 11) is 3.70. The quantitative estimate of drug-likeness (QED) is 0.871. The Balaban J connectivity index is 2.00. The van der Waals surface area contributed by atoms with E-state index in [9.17, 15) is 9.90 Å². The molecule has 2 rings (SSSR count). The van der Waals surface area contributed by atoms with Crippen LogP contribution < -0.4 is 5.32 Å². The van der Waals surface area contributed by atoms with Gasteiger partial charge in [0.05, 0.1) is 6.10 Å². The largest absolute Gasteiger partial charge is 0.393 e. The molecule has 1 aliphatic carbocycles. The Morgan fingerprint density at radius 2 is 2.16 bits per heavy atom. The third kappa shape index (κ3) is 3.07. The van der Waals surface area contributed by atoms with Gasteiger partial charge in [0.1, 0.15) is 0 Å². The number of anilines is 1. The Morgan fingerprint density at radius 1 is 1.47 bits per heavy atom. The molecular formula is C15H22N2O2. The number of hydrogen-bond acceptors (Lipinski definition) is 3. The van der Waals surface area contributed by atoms with Crippen LogP contribution in [0.1, 0.15) is 28.8 Å². The third-order valence-electron chi connectivity index (χ3n) is 3.83. The number of carbonyl (C=O) groups is 1. The molecule has 0 aliphatic heterocycles. The molecule has 0 atom stereocenters. The van der Waals surface area contributed by atoms with E-state index in [2.05, 4.69) is 5.32 Å². The molecule has 0 heterocycles. The molecular weight excluding hydrogens is 240 g/mol. The van der Waals surface area contributed by atoms with Crippen molar-refractivity contribution >= 4 is 11.6 Å². The highest BCUT2D eigenvalue weighted by Gasteiger charge is 2.29. The van der Waals surface area contributed by atoms with Gasteiger partial charge in [0.25, 0.3) is 5.91 Å². The first-order valence-corrected chi connectivity index (χ1v) is 6.73. The van der Waals surface area contributed by atoms with E-state index < -0.39 is 0 Å². The van der Waals surface area contributed by atoms with Crippen molar-refractivity contribution in [1.82, 2.24) is 4.90 Å². The van der Waals surface area contributed by atoms with Crippen molar-refractivity contribution in [2.75, 3.05) is 26.0 Å². The molecule has 104 valence electrons. The number of aliphatic hydroxyl groups excluding tert-OH is 1. The Hall–Kier alpha value is -1.55. The van der Waals surface area contributed by atoms with E-state index in [0.717, 1.165) is 36.2 Å². The monoisotopic (exact) mass is 262 g/mol. The van der Waals surface area contributed by atoms with Crippen LogP contribution >= 0.6 is 0 Å². The van der Waals surface area contributed by atoms with Crippen molar-refractivity contribution < 1.29 is 9.90 Å². The van der Waals surface area contributed by atoms with Crippen LogP contribution in [0.3, 0.4) is 0 Å². The number of rotatable bonds is 4. The molecule has 0 unspecified atom stereocenters. The van der Waals surface area contributed by atoms with Gasteiger partial charge in [-0.05, 0) is 49.4 Å². The van der Waals surface area contributed by atoms with E-state index in [4.69, 9.17) is 0 Å². The topological polar surface area (TPSA) is 52.6 Å². The average molecular weight is 262 g/mol. The first kappa shape index (κ1) is 13.9. The van der Waals surface area contributed by atoms with Gasteiger partial charge in [0.2, 0.25) is 0 Å². The smallest absolute Gasteiger partial charge is 0.253 e. The summed E-state index contributed by atoms with van der Waals surface area (Å²) in [5.74, 6) is 0.494. The lowest BCUT2D eigenvalue weighted by molar-refractivity contribution is 0.0265. The fourth-order valence-electron chi connectivity index (χ4n) is 2.62. The molecule has 0 bridgehead atoms. The van der Waals surface area contributed by atoms with Gasteiger partial charge in [-0.15, -0.1) is 0 Å². The molecule has 4 heteroatoms. The molecule has 1 aromatic carbocycles. The van der Waals surface area contributed by atoms with Crippen LogP contribution in [-0.4, -0.2) is 42.7 Å². The Bertz CT molecular complexity index is 467. The molecule has 1 saturated carbocycles. The van der Waals surface area contributed by atoms with Gasteiger partial charge >= 0.3 is 0 Å². The maximum Gasteiger partial charge on any atom is 0.253 e. The van der Waals surface area contributed by atoms with Crippen LogP contribution in [0.5, 0.6) is 0 Å². The summed E-state index contributed by atoms with van der Waals surface area (Å²) in [4.78, 5) is 14.1. The molecule has 4 nitrogen and oxygen atoms in total. The summed E-state index contributed by atoms with van der Waals surface area (Å²) in [5, 5.41) is 12.4. The summed E-state index contributed by atoms with van der Waals surface area (Å²) >= 11 is 0. The number of carbonyl (C=O) groups excluding carboxylic acids is 1. The second kappa shape index (κ2) is 5.61. The van der Waals surface area contributed by atoms with Gasteiger partial charge in [-0.25, -0.2) is 0 Å². The molecule has 0 radical (unpaired) electrons. The number of nitrogens with one attached hydrogen (secondary N) is 1. The zero-order chi connectivity index (χ0) is 14.0. The molecule has 1 amide bonds. The lowest BCUT2D eigenvalue weighted by Gasteiger charge is -2.34. The van der Waals surface area contributed by atoms with Crippen LogP contribution in [0.25, 0.3) is 0 Å². The van der Waals surface area contributed by atoms with E-state index in [-0.39, 0.29) is 12.0 Å². The van der Waals surface area contributed by atoms with Gasteiger partial charge in [-0.2, -0.15) is 0 Å². The molecule has 1 aromatic rings. The predicted molar refractivity (Wildman–Crippen MR) is 76.4 cm³/mol. The Kier molecular flexibility index (Phi) is 4.10. The van der Waals surface area contributed by atoms with Crippen LogP contribution in [-0.2, 0) is 0 Å². The number of aliphatic hydroxyl groups is 1. The molecule has 1 fully saturated rings. The molecule has 0 saturated heterocycles. The lowest BCUT2D eigenvalue weighted by Crippen LogP contribution is -2.39. The minimum atomic E-state index is -0.161. The fourth-order valence-corrected chi connectivity index (χ4v) is 2.62. The number of hydrogen-bond donors (Lipinski definition) is 2. The van der Waals surface area contributed by atoms with Gasteiger partial charge in [-0.1, -0.05) is 0 Å². The second-order valence-electron chi connectivity index (χ2n) is 5.46. The lowest BCUT2D eigenvalue weighted by atomic mass is 9.82. The van der Waals surface area contributed by atoms with Crippen LogP contribution in [0.2, 0.25) is 0 Å². The highest BCUT2D eigenvalue weighted by atomic mass is 16.3. The number of amides is 1. The first-order chi connectivity index (χ1) is 9.01. The highest BCUT2D eigenvalue weighted by Crippen LogP contribution is 2.28. The van der Waals surface area contributed by atoms with Gasteiger partial charge in [-0.3, -0.25) is 4.79 Å². The van der Waals surface area contributed by atoms with Crippen molar-refractivity contribution in [3.05, 3.63) is 29.3 Å². The van der Waals surface area contributed by atoms with Crippen molar-refractivity contribution in [2.24, 2.45) is 5.92 Å². The summed E-state index contributed by atoms with van der Waals surface area (Å²) < 4.78 is 0. The van der Waals surface area contributed by atoms with Crippen molar-refractivity contribution in [2.45, 2.75) is 25.9 Å². The van der Waals surface area contributed by atoms with Crippen LogP contribution in [0.4, 0.5) is 5.69 Å². The maximum atomic E-state index is 12.3. The minimum absolute atomic E-state index is 0.0483. The summed E-state index contributed by atoms with van der Waals surface area (Å²) in [6.45, 7) is 2.72. The van der Waals surface area contributed by atoms with E-state index >= 15 is 0 Å². The zero-order valence-electron chi connectivity index (χ0n) is 11.8. The van der Waals surface area contributed by atoms with Crippen molar-refractivity contribution in [3.8, 4) is 0 Å². The third-order valence-corrected chi connectivity index (χ3v) is 3.83. The number of benzene rings is 1. The van der Waals surface area contributed by atoms with E-state index in [1.54, 1.807) is 4.90 Å². The van der Waals surface area contributed by atoms with Crippen molar-refractivity contribution in [1.29, 1.82) is 0 Å². The fraction of sp³-hybridized carbons (Fsp3) is 0.533. The molecule has 19 heavy (non-hydrogen) atoms. The van der Waals surface area contributed by atoms with Crippen LogP contribution in [0, 0.1) is 12.8 Å². The maximum absolute atomic E-state index is 12.3. The number of aryl methyl sites for hydroxylation is 1. The minimum Gasteiger partial charge on any atom is -0.393 e. The van der Waals surface area contributed by atoms with Gasteiger partial charge < -0.3 is 15.3 Å². The molecule has 0 spiro atoms. The standard InChI is InChI=1S/C15H22N2O2/c1-10-6-12(4-5-14(10)16-2)15(19)17(3)9-11-7-13(18)8-11/h4-6,11,13,16,18H,7-9H2,1-3H3. The summed E-state index contributed by atoms with van der Waals surface area (Å²) in [5.41, 5.74) is 2.83. The van der Waals surface area contributed by atoms with Gasteiger partial charge in [0, 0.05) is 31.9 Å². The average Bonchev–Trinajstić information content (AvgIpc) is 2.35. The molecule has 0 aromatic heterocycles. The normalized spacial score (nSPS) is 21.7. The second-order valence-corrected chi connectivity index (χ2v) is 5.46. The van der Waals surface area contributed by atoms with Gasteiger partial charge in [0.15, 0.2) is 0 Å². The van der Waals surface area contributed by atoms with Crippen molar-refractivity contribution in [3.63, 3.8) is 0 Å². The molecule has 1 aliphatic rings. The molecule has 2 N–H and O–H groups in total. The predicted octanol–water partition coefficient (Wildman–Crippen LogP) is 1.88. The highest BCUT2D eigenvalue weighted by molar-refractivity contribution is 5.94. The van der Waals surface area contributed by atoms with E-state index in [1.807, 2.05) is 39.2 Å². The summed E-state index contributed by atoms with van der Waals surface area (Å²) in [6, 6.07) is 5.71.